The monoisotopic (exact) mass is 436 g/mol. The van der Waals surface area contributed by atoms with Crippen LogP contribution in [-0.4, -0.2) is 46.9 Å². The van der Waals surface area contributed by atoms with Gasteiger partial charge in [-0.3, -0.25) is 13.7 Å². The number of nitrogens with zero attached hydrogens (tertiary/aromatic N) is 4. The minimum atomic E-state index is -0.199. The number of hydrogen-bond donors (Lipinski definition) is 2. The minimum absolute atomic E-state index is 0.199. The SMILES string of the molecule is CCc1cc(NC(=O)NSN(c2cnn(C)c2)[C@H]2CCCN(C)C2)c(C(C)C)s1. The molecule has 29 heavy (non-hydrogen) atoms. The Morgan fingerprint density at radius 1 is 1.45 bits per heavy atom. The first-order chi connectivity index (χ1) is 13.9. The Balaban J connectivity index is 1.67. The number of hydrogen-bond acceptors (Lipinski definition) is 6. The number of aromatic nitrogens is 2. The molecule has 0 bridgehead atoms. The second-order valence-corrected chi connectivity index (χ2v) is 9.85. The third-order valence-electron chi connectivity index (χ3n) is 5.05. The molecule has 1 aliphatic rings. The summed E-state index contributed by atoms with van der Waals surface area (Å²) in [6, 6.07) is 2.22. The molecular formula is C20H32N6OS2. The van der Waals surface area contributed by atoms with Gasteiger partial charge in [0.15, 0.2) is 0 Å². The van der Waals surface area contributed by atoms with E-state index in [1.165, 1.54) is 21.9 Å². The predicted octanol–water partition coefficient (Wildman–Crippen LogP) is 4.45. The lowest BCUT2D eigenvalue weighted by molar-refractivity contribution is 0.253. The van der Waals surface area contributed by atoms with Gasteiger partial charge < -0.3 is 10.2 Å². The fourth-order valence-corrected chi connectivity index (χ4v) is 5.40. The summed E-state index contributed by atoms with van der Waals surface area (Å²) in [7, 11) is 4.06. The van der Waals surface area contributed by atoms with Crippen molar-refractivity contribution in [2.75, 3.05) is 29.8 Å². The van der Waals surface area contributed by atoms with Crippen molar-refractivity contribution in [2.24, 2.45) is 7.05 Å². The van der Waals surface area contributed by atoms with Gasteiger partial charge in [0, 0.05) is 29.5 Å². The van der Waals surface area contributed by atoms with Crippen molar-refractivity contribution in [3.63, 3.8) is 0 Å². The predicted molar refractivity (Wildman–Crippen MR) is 124 cm³/mol. The third kappa shape index (κ3) is 5.67. The van der Waals surface area contributed by atoms with Gasteiger partial charge in [-0.25, -0.2) is 4.79 Å². The highest BCUT2D eigenvalue weighted by molar-refractivity contribution is 7.99. The molecule has 0 aromatic carbocycles. The molecule has 7 nitrogen and oxygen atoms in total. The second-order valence-electron chi connectivity index (χ2n) is 7.90. The van der Waals surface area contributed by atoms with Crippen molar-refractivity contribution in [2.45, 2.75) is 52.0 Å². The molecule has 2 aromatic heterocycles. The standard InChI is InChI=1S/C20H32N6OS2/c1-6-17-10-18(19(28-17)14(2)3)22-20(27)23-29-26(16-11-21-25(5)13-16)15-8-7-9-24(4)12-15/h10-11,13-15H,6-9,12H2,1-5H3,(H2,22,23,27)/t15-/m0/s1. The Morgan fingerprint density at radius 2 is 2.24 bits per heavy atom. The van der Waals surface area contributed by atoms with Gasteiger partial charge in [-0.05, 0) is 44.8 Å². The molecule has 1 fully saturated rings. The molecule has 160 valence electrons. The number of urea groups is 1. The number of nitrogens with one attached hydrogen (secondary N) is 2. The lowest BCUT2D eigenvalue weighted by Gasteiger charge is -2.37. The molecule has 2 aromatic rings. The summed E-state index contributed by atoms with van der Waals surface area (Å²) in [5.41, 5.74) is 1.93. The number of likely N-dealkylation sites (tertiary alicyclic amines) is 1. The van der Waals surface area contributed by atoms with Gasteiger partial charge in [0.25, 0.3) is 0 Å². The number of carbonyl (C=O) groups excluding carboxylic acids is 1. The first-order valence-corrected chi connectivity index (χ1v) is 11.8. The van der Waals surface area contributed by atoms with Crippen molar-refractivity contribution >= 4 is 40.9 Å². The Morgan fingerprint density at radius 3 is 2.86 bits per heavy atom. The number of piperidine rings is 1. The van der Waals surface area contributed by atoms with E-state index < -0.39 is 0 Å². The summed E-state index contributed by atoms with van der Waals surface area (Å²) in [6.07, 6.45) is 7.07. The number of anilines is 2. The van der Waals surface area contributed by atoms with Crippen LogP contribution in [0.15, 0.2) is 18.5 Å². The van der Waals surface area contributed by atoms with E-state index in [0.717, 1.165) is 43.7 Å². The Bertz CT molecular complexity index is 818. The lowest BCUT2D eigenvalue weighted by Crippen LogP contribution is -2.45. The summed E-state index contributed by atoms with van der Waals surface area (Å²) < 4.78 is 6.96. The van der Waals surface area contributed by atoms with E-state index in [9.17, 15) is 4.79 Å². The molecule has 2 N–H and O–H groups in total. The van der Waals surface area contributed by atoms with E-state index in [0.29, 0.717) is 12.0 Å². The highest BCUT2D eigenvalue weighted by Gasteiger charge is 2.26. The van der Waals surface area contributed by atoms with E-state index in [4.69, 9.17) is 0 Å². The summed E-state index contributed by atoms with van der Waals surface area (Å²) in [5, 5.41) is 7.36. The fourth-order valence-electron chi connectivity index (χ4n) is 3.59. The summed E-state index contributed by atoms with van der Waals surface area (Å²) in [6.45, 7) is 8.54. The Labute approximate surface area is 182 Å². The number of aryl methyl sites for hydroxylation is 2. The summed E-state index contributed by atoms with van der Waals surface area (Å²) >= 11 is 3.13. The van der Waals surface area contributed by atoms with Crippen LogP contribution < -0.4 is 14.3 Å². The topological polar surface area (TPSA) is 65.4 Å². The molecule has 1 aliphatic heterocycles. The van der Waals surface area contributed by atoms with Crippen LogP contribution in [-0.2, 0) is 13.5 Å². The lowest BCUT2D eigenvalue weighted by atomic mass is 10.1. The largest absolute Gasteiger partial charge is 0.330 e. The average Bonchev–Trinajstić information content (AvgIpc) is 3.28. The zero-order valence-corrected chi connectivity index (χ0v) is 19.6. The molecule has 1 saturated heterocycles. The maximum atomic E-state index is 12.7. The van der Waals surface area contributed by atoms with E-state index in [1.54, 1.807) is 16.0 Å². The average molecular weight is 437 g/mol. The van der Waals surface area contributed by atoms with Crippen LogP contribution in [0, 0.1) is 0 Å². The zero-order valence-electron chi connectivity index (χ0n) is 17.9. The maximum Gasteiger partial charge on any atom is 0.330 e. The number of thiophene rings is 1. The summed E-state index contributed by atoms with van der Waals surface area (Å²) in [4.78, 5) is 17.5. The molecule has 0 aliphatic carbocycles. The maximum absolute atomic E-state index is 12.7. The molecule has 3 rings (SSSR count). The molecule has 0 saturated carbocycles. The van der Waals surface area contributed by atoms with Crippen LogP contribution in [0.25, 0.3) is 0 Å². The molecule has 0 radical (unpaired) electrons. The molecule has 1 atom stereocenters. The van der Waals surface area contributed by atoms with Crippen LogP contribution in [0.1, 0.15) is 49.3 Å². The first-order valence-electron chi connectivity index (χ1n) is 10.2. The van der Waals surface area contributed by atoms with Crippen LogP contribution in [0.4, 0.5) is 16.2 Å². The van der Waals surface area contributed by atoms with Crippen LogP contribution in [0.5, 0.6) is 0 Å². The van der Waals surface area contributed by atoms with E-state index >= 15 is 0 Å². The van der Waals surface area contributed by atoms with Gasteiger partial charge in [0.1, 0.15) is 0 Å². The first kappa shape index (κ1) is 22.0. The van der Waals surface area contributed by atoms with E-state index in [2.05, 4.69) is 58.2 Å². The number of amides is 2. The number of likely N-dealkylation sites (N-methyl/N-ethyl adjacent to an activating group) is 1. The van der Waals surface area contributed by atoms with Gasteiger partial charge in [-0.15, -0.1) is 11.3 Å². The van der Waals surface area contributed by atoms with Crippen LogP contribution in [0.3, 0.4) is 0 Å². The molecule has 2 amide bonds. The third-order valence-corrected chi connectivity index (χ3v) is 7.61. The van der Waals surface area contributed by atoms with Gasteiger partial charge in [0.05, 0.1) is 35.7 Å². The van der Waals surface area contributed by atoms with Crippen molar-refractivity contribution in [1.29, 1.82) is 0 Å². The molecule has 3 heterocycles. The molecular weight excluding hydrogens is 404 g/mol. The Kier molecular flexibility index (Phi) is 7.48. The van der Waals surface area contributed by atoms with E-state index in [-0.39, 0.29) is 6.03 Å². The summed E-state index contributed by atoms with van der Waals surface area (Å²) in [5.74, 6) is 0.382. The quantitative estimate of drug-likeness (QED) is 0.628. The molecule has 0 spiro atoms. The number of carbonyl (C=O) groups is 1. The van der Waals surface area contributed by atoms with Gasteiger partial charge in [-0.1, -0.05) is 20.8 Å². The Hall–Kier alpha value is -1.71. The van der Waals surface area contributed by atoms with Crippen LogP contribution >= 0.6 is 23.5 Å². The van der Waals surface area contributed by atoms with Crippen molar-refractivity contribution in [1.82, 2.24) is 19.4 Å². The fraction of sp³-hybridized carbons (Fsp3) is 0.600. The van der Waals surface area contributed by atoms with Gasteiger partial charge in [-0.2, -0.15) is 5.10 Å². The van der Waals surface area contributed by atoms with Crippen molar-refractivity contribution in [3.8, 4) is 0 Å². The zero-order chi connectivity index (χ0) is 21.0. The van der Waals surface area contributed by atoms with Gasteiger partial charge >= 0.3 is 6.03 Å². The molecule has 9 heteroatoms. The smallest absolute Gasteiger partial charge is 0.306 e. The van der Waals surface area contributed by atoms with Crippen molar-refractivity contribution in [3.05, 3.63) is 28.2 Å². The number of rotatable bonds is 7. The van der Waals surface area contributed by atoms with E-state index in [1.807, 2.05) is 19.4 Å². The normalized spacial score (nSPS) is 17.5. The van der Waals surface area contributed by atoms with Crippen LogP contribution in [0.2, 0.25) is 0 Å². The van der Waals surface area contributed by atoms with Gasteiger partial charge in [0.2, 0.25) is 0 Å². The molecule has 0 unspecified atom stereocenters. The minimum Gasteiger partial charge on any atom is -0.306 e. The highest BCUT2D eigenvalue weighted by atomic mass is 32.2. The van der Waals surface area contributed by atoms with Crippen molar-refractivity contribution < 1.29 is 4.79 Å². The second kappa shape index (κ2) is 9.86. The highest BCUT2D eigenvalue weighted by Crippen LogP contribution is 2.34.